The highest BCUT2D eigenvalue weighted by Crippen LogP contribution is 2.19. The largest absolute Gasteiger partial charge is 0.444 e. The molecule has 2 N–H and O–H groups in total. The van der Waals surface area contributed by atoms with Crippen molar-refractivity contribution in [1.82, 2.24) is 20.5 Å². The molecule has 2 aliphatic heterocycles. The van der Waals surface area contributed by atoms with Gasteiger partial charge in [0, 0.05) is 44.9 Å². The standard InChI is InChI=1S/C22H31N5O2/c1-23-22(24-13-20-16-29-21(25-20)18-5-3-2-4-6-18)26-19-7-10-27(11-8-19)14-17-9-12-28-15-17/h2-6,16-17,19H,7-15H2,1H3,(H2,23,24,26). The normalized spacial score (nSPS) is 21.4. The number of oxazole rings is 1. The third-order valence-corrected chi connectivity index (χ3v) is 5.70. The number of hydrogen-bond donors (Lipinski definition) is 2. The van der Waals surface area contributed by atoms with Gasteiger partial charge in [0.1, 0.15) is 6.26 Å². The van der Waals surface area contributed by atoms with Gasteiger partial charge >= 0.3 is 0 Å². The summed E-state index contributed by atoms with van der Waals surface area (Å²) in [5, 5.41) is 6.91. The van der Waals surface area contributed by atoms with Crippen LogP contribution in [0.4, 0.5) is 0 Å². The van der Waals surface area contributed by atoms with Crippen molar-refractivity contribution in [3.05, 3.63) is 42.3 Å². The Kier molecular flexibility index (Phi) is 6.79. The van der Waals surface area contributed by atoms with Gasteiger partial charge in [0.25, 0.3) is 0 Å². The molecule has 0 radical (unpaired) electrons. The molecule has 29 heavy (non-hydrogen) atoms. The van der Waals surface area contributed by atoms with Crippen molar-refractivity contribution in [1.29, 1.82) is 0 Å². The van der Waals surface area contributed by atoms with E-state index in [4.69, 9.17) is 9.15 Å². The third kappa shape index (κ3) is 5.58. The molecule has 0 saturated carbocycles. The minimum Gasteiger partial charge on any atom is -0.444 e. The molecule has 2 fully saturated rings. The molecule has 0 aliphatic carbocycles. The average Bonchev–Trinajstić information content (AvgIpc) is 3.45. The molecule has 2 aromatic rings. The second-order valence-corrected chi connectivity index (χ2v) is 7.88. The predicted octanol–water partition coefficient (Wildman–Crippen LogP) is 2.51. The van der Waals surface area contributed by atoms with Gasteiger partial charge < -0.3 is 24.7 Å². The van der Waals surface area contributed by atoms with Gasteiger partial charge in [-0.25, -0.2) is 4.98 Å². The Labute approximate surface area is 172 Å². The van der Waals surface area contributed by atoms with E-state index in [0.29, 0.717) is 18.5 Å². The fourth-order valence-electron chi connectivity index (χ4n) is 4.02. The minimum atomic E-state index is 0.453. The highest BCUT2D eigenvalue weighted by atomic mass is 16.5. The van der Waals surface area contributed by atoms with Gasteiger partial charge in [0.15, 0.2) is 5.96 Å². The highest BCUT2D eigenvalue weighted by Gasteiger charge is 2.24. The van der Waals surface area contributed by atoms with E-state index >= 15 is 0 Å². The first-order valence-electron chi connectivity index (χ1n) is 10.6. The van der Waals surface area contributed by atoms with E-state index in [2.05, 4.69) is 25.5 Å². The Morgan fingerprint density at radius 2 is 2.03 bits per heavy atom. The van der Waals surface area contributed by atoms with Crippen LogP contribution in [0.1, 0.15) is 25.0 Å². The molecule has 7 nitrogen and oxygen atoms in total. The molecule has 4 rings (SSSR count). The van der Waals surface area contributed by atoms with Crippen molar-refractivity contribution < 1.29 is 9.15 Å². The molecule has 3 heterocycles. The van der Waals surface area contributed by atoms with E-state index in [0.717, 1.165) is 62.3 Å². The number of piperidine rings is 1. The van der Waals surface area contributed by atoms with Gasteiger partial charge in [0.2, 0.25) is 5.89 Å². The number of aromatic nitrogens is 1. The van der Waals surface area contributed by atoms with Crippen LogP contribution >= 0.6 is 0 Å². The van der Waals surface area contributed by atoms with Gasteiger partial charge in [0.05, 0.1) is 18.8 Å². The maximum Gasteiger partial charge on any atom is 0.226 e. The number of ether oxygens (including phenoxy) is 1. The van der Waals surface area contributed by atoms with Gasteiger partial charge in [-0.1, -0.05) is 18.2 Å². The van der Waals surface area contributed by atoms with Crippen LogP contribution in [0.5, 0.6) is 0 Å². The summed E-state index contributed by atoms with van der Waals surface area (Å²) in [4.78, 5) is 11.5. The summed E-state index contributed by atoms with van der Waals surface area (Å²) in [6, 6.07) is 10.4. The summed E-state index contributed by atoms with van der Waals surface area (Å²) >= 11 is 0. The van der Waals surface area contributed by atoms with Crippen LogP contribution < -0.4 is 10.6 Å². The molecule has 0 spiro atoms. The lowest BCUT2D eigenvalue weighted by atomic mass is 10.0. The molecule has 2 aliphatic rings. The lowest BCUT2D eigenvalue weighted by Gasteiger charge is -2.34. The molecular formula is C22H31N5O2. The maximum atomic E-state index is 5.61. The van der Waals surface area contributed by atoms with Gasteiger partial charge in [-0.3, -0.25) is 4.99 Å². The number of aliphatic imine (C=N–C) groups is 1. The van der Waals surface area contributed by atoms with Gasteiger partial charge in [-0.15, -0.1) is 0 Å². The Morgan fingerprint density at radius 3 is 2.76 bits per heavy atom. The summed E-state index contributed by atoms with van der Waals surface area (Å²) in [7, 11) is 1.81. The van der Waals surface area contributed by atoms with E-state index in [1.807, 2.05) is 37.4 Å². The van der Waals surface area contributed by atoms with Crippen LogP contribution in [-0.2, 0) is 11.3 Å². The van der Waals surface area contributed by atoms with Crippen LogP contribution in [0.25, 0.3) is 11.5 Å². The summed E-state index contributed by atoms with van der Waals surface area (Å²) < 4.78 is 11.1. The van der Waals surface area contributed by atoms with Crippen molar-refractivity contribution in [3.8, 4) is 11.5 Å². The number of guanidine groups is 1. The number of hydrogen-bond acceptors (Lipinski definition) is 5. The fourth-order valence-corrected chi connectivity index (χ4v) is 4.02. The molecule has 1 atom stereocenters. The van der Waals surface area contributed by atoms with Gasteiger partial charge in [-0.05, 0) is 37.3 Å². The van der Waals surface area contributed by atoms with E-state index < -0.39 is 0 Å². The summed E-state index contributed by atoms with van der Waals surface area (Å²) in [5.74, 6) is 2.18. The van der Waals surface area contributed by atoms with Crippen molar-refractivity contribution >= 4 is 5.96 Å². The average molecular weight is 398 g/mol. The number of nitrogens with one attached hydrogen (secondary N) is 2. The van der Waals surface area contributed by atoms with E-state index in [1.165, 1.54) is 13.0 Å². The molecule has 0 amide bonds. The monoisotopic (exact) mass is 397 g/mol. The van der Waals surface area contributed by atoms with E-state index in [1.54, 1.807) is 6.26 Å². The molecule has 1 unspecified atom stereocenters. The molecule has 0 bridgehead atoms. The zero-order chi connectivity index (χ0) is 19.9. The molecule has 1 aromatic carbocycles. The second-order valence-electron chi connectivity index (χ2n) is 7.88. The van der Waals surface area contributed by atoms with Crippen LogP contribution in [-0.4, -0.2) is 61.8 Å². The number of benzene rings is 1. The molecule has 1 aromatic heterocycles. The Morgan fingerprint density at radius 1 is 1.21 bits per heavy atom. The Hall–Kier alpha value is -2.38. The van der Waals surface area contributed by atoms with Crippen LogP contribution in [0.2, 0.25) is 0 Å². The van der Waals surface area contributed by atoms with Crippen LogP contribution in [0.3, 0.4) is 0 Å². The lowest BCUT2D eigenvalue weighted by Crippen LogP contribution is -2.49. The van der Waals surface area contributed by atoms with Crippen LogP contribution in [0, 0.1) is 5.92 Å². The molecule has 156 valence electrons. The first kappa shape index (κ1) is 19.9. The van der Waals surface area contributed by atoms with E-state index in [9.17, 15) is 0 Å². The van der Waals surface area contributed by atoms with Crippen molar-refractivity contribution in [2.45, 2.75) is 31.8 Å². The first-order chi connectivity index (χ1) is 14.3. The first-order valence-corrected chi connectivity index (χ1v) is 10.6. The zero-order valence-electron chi connectivity index (χ0n) is 17.1. The van der Waals surface area contributed by atoms with Crippen molar-refractivity contribution in [2.75, 3.05) is 39.9 Å². The minimum absolute atomic E-state index is 0.453. The SMILES string of the molecule is CN=C(NCc1coc(-c2ccccc2)n1)NC1CCN(CC2CCOC2)CC1. The van der Waals surface area contributed by atoms with Crippen LogP contribution in [0.15, 0.2) is 46.0 Å². The quantitative estimate of drug-likeness (QED) is 0.576. The summed E-state index contributed by atoms with van der Waals surface area (Å²) in [6.07, 6.45) is 5.18. The highest BCUT2D eigenvalue weighted by molar-refractivity contribution is 5.79. The zero-order valence-corrected chi connectivity index (χ0v) is 17.1. The van der Waals surface area contributed by atoms with Crippen molar-refractivity contribution in [3.63, 3.8) is 0 Å². The third-order valence-electron chi connectivity index (χ3n) is 5.70. The molecule has 7 heteroatoms. The smallest absolute Gasteiger partial charge is 0.226 e. The fraction of sp³-hybridized carbons (Fsp3) is 0.545. The predicted molar refractivity (Wildman–Crippen MR) is 114 cm³/mol. The van der Waals surface area contributed by atoms with Crippen molar-refractivity contribution in [2.24, 2.45) is 10.9 Å². The summed E-state index contributed by atoms with van der Waals surface area (Å²) in [5.41, 5.74) is 1.84. The van der Waals surface area contributed by atoms with Gasteiger partial charge in [-0.2, -0.15) is 0 Å². The molecular weight excluding hydrogens is 366 g/mol. The topological polar surface area (TPSA) is 74.9 Å². The van der Waals surface area contributed by atoms with E-state index in [-0.39, 0.29) is 0 Å². The summed E-state index contributed by atoms with van der Waals surface area (Å²) in [6.45, 7) is 5.89. The number of rotatable bonds is 6. The number of nitrogens with zero attached hydrogens (tertiary/aromatic N) is 3. The Bertz CT molecular complexity index is 778. The lowest BCUT2D eigenvalue weighted by molar-refractivity contribution is 0.150. The molecule has 2 saturated heterocycles. The number of likely N-dealkylation sites (tertiary alicyclic amines) is 1. The Balaban J connectivity index is 1.21. The maximum absolute atomic E-state index is 5.61. The second kappa shape index (κ2) is 9.89.